The minimum absolute atomic E-state index is 0.0801. The Morgan fingerprint density at radius 2 is 2.00 bits per heavy atom. The predicted octanol–water partition coefficient (Wildman–Crippen LogP) is 4.79. The van der Waals surface area contributed by atoms with E-state index in [2.05, 4.69) is 16.8 Å². The number of phenolic OH excluding ortho intramolecular Hbond substituents is 1. The van der Waals surface area contributed by atoms with E-state index in [0.717, 1.165) is 16.2 Å². The van der Waals surface area contributed by atoms with E-state index in [9.17, 15) is 5.11 Å². The molecule has 0 radical (unpaired) electrons. The van der Waals surface area contributed by atoms with Crippen LogP contribution in [0.25, 0.3) is 22.9 Å². The van der Waals surface area contributed by atoms with Crippen LogP contribution in [-0.4, -0.2) is 27.7 Å². The summed E-state index contributed by atoms with van der Waals surface area (Å²) in [7, 11) is 0. The standard InChI is InChI=1S/C19H18N2O3S/c1-3-11-25-17-8-6-5-7-14(17)19-21-20-18(24-19)13-9-10-15(22)16(12-13)23-4-2/h3,5-10,12,22H,1,4,11H2,2H3. The van der Waals surface area contributed by atoms with Crippen LogP contribution >= 0.6 is 11.8 Å². The summed E-state index contributed by atoms with van der Waals surface area (Å²) in [6.45, 7) is 6.06. The van der Waals surface area contributed by atoms with Gasteiger partial charge in [0.1, 0.15) is 0 Å². The second-order valence-corrected chi connectivity index (χ2v) is 6.19. The summed E-state index contributed by atoms with van der Waals surface area (Å²) in [6.07, 6.45) is 1.85. The van der Waals surface area contributed by atoms with E-state index in [0.29, 0.717) is 29.7 Å². The van der Waals surface area contributed by atoms with Crippen molar-refractivity contribution in [2.24, 2.45) is 0 Å². The third-order valence-electron chi connectivity index (χ3n) is 3.41. The van der Waals surface area contributed by atoms with Crippen molar-refractivity contribution in [1.82, 2.24) is 10.2 Å². The van der Waals surface area contributed by atoms with Crippen molar-refractivity contribution >= 4 is 11.8 Å². The lowest BCUT2D eigenvalue weighted by Gasteiger charge is -2.06. The summed E-state index contributed by atoms with van der Waals surface area (Å²) in [5.41, 5.74) is 1.58. The van der Waals surface area contributed by atoms with E-state index in [1.54, 1.807) is 30.0 Å². The molecule has 6 heteroatoms. The van der Waals surface area contributed by atoms with Gasteiger partial charge in [-0.25, -0.2) is 0 Å². The fourth-order valence-electron chi connectivity index (χ4n) is 2.28. The number of ether oxygens (including phenoxy) is 1. The van der Waals surface area contributed by atoms with E-state index in [-0.39, 0.29) is 5.75 Å². The molecule has 0 saturated carbocycles. The zero-order valence-electron chi connectivity index (χ0n) is 13.8. The van der Waals surface area contributed by atoms with Gasteiger partial charge in [0, 0.05) is 16.2 Å². The summed E-state index contributed by atoms with van der Waals surface area (Å²) in [5.74, 6) is 2.10. The minimum atomic E-state index is 0.0801. The van der Waals surface area contributed by atoms with Gasteiger partial charge in [-0.3, -0.25) is 0 Å². The van der Waals surface area contributed by atoms with Crippen molar-refractivity contribution in [3.05, 3.63) is 55.1 Å². The molecule has 5 nitrogen and oxygen atoms in total. The summed E-state index contributed by atoms with van der Waals surface area (Å²) in [4.78, 5) is 1.05. The van der Waals surface area contributed by atoms with Crippen molar-refractivity contribution in [3.8, 4) is 34.4 Å². The number of thioether (sulfide) groups is 1. The monoisotopic (exact) mass is 354 g/mol. The molecule has 0 fully saturated rings. The van der Waals surface area contributed by atoms with Gasteiger partial charge < -0.3 is 14.3 Å². The van der Waals surface area contributed by atoms with E-state index < -0.39 is 0 Å². The number of benzene rings is 2. The Hall–Kier alpha value is -2.73. The van der Waals surface area contributed by atoms with Crippen molar-refractivity contribution < 1.29 is 14.3 Å². The predicted molar refractivity (Wildman–Crippen MR) is 98.9 cm³/mol. The minimum Gasteiger partial charge on any atom is -0.504 e. The molecule has 1 N–H and O–H groups in total. The summed E-state index contributed by atoms with van der Waals surface area (Å²) < 4.78 is 11.3. The lowest BCUT2D eigenvalue weighted by molar-refractivity contribution is 0.318. The first-order chi connectivity index (χ1) is 12.2. The van der Waals surface area contributed by atoms with Crippen molar-refractivity contribution in [1.29, 1.82) is 0 Å². The average molecular weight is 354 g/mol. The van der Waals surface area contributed by atoms with Gasteiger partial charge in [0.2, 0.25) is 11.8 Å². The zero-order valence-corrected chi connectivity index (χ0v) is 14.6. The number of hydrogen-bond acceptors (Lipinski definition) is 6. The molecule has 25 heavy (non-hydrogen) atoms. The number of hydrogen-bond donors (Lipinski definition) is 1. The Labute approximate surface area is 150 Å². The van der Waals surface area contributed by atoms with Gasteiger partial charge >= 0.3 is 0 Å². The molecule has 0 unspecified atom stereocenters. The van der Waals surface area contributed by atoms with Crippen LogP contribution in [0.4, 0.5) is 0 Å². The molecule has 0 aliphatic carbocycles. The molecule has 1 heterocycles. The molecule has 3 aromatic rings. The Kier molecular flexibility index (Phi) is 5.40. The van der Waals surface area contributed by atoms with Crippen molar-refractivity contribution in [3.63, 3.8) is 0 Å². The number of nitrogens with zero attached hydrogens (tertiary/aromatic N) is 2. The second-order valence-electron chi connectivity index (χ2n) is 5.12. The molecule has 1 aromatic heterocycles. The number of aromatic nitrogens is 2. The van der Waals surface area contributed by atoms with Crippen LogP contribution in [0, 0.1) is 0 Å². The maximum Gasteiger partial charge on any atom is 0.249 e. The van der Waals surface area contributed by atoms with Gasteiger partial charge in [-0.1, -0.05) is 18.2 Å². The van der Waals surface area contributed by atoms with Gasteiger partial charge in [-0.15, -0.1) is 28.5 Å². The van der Waals surface area contributed by atoms with Crippen LogP contribution in [0.1, 0.15) is 6.92 Å². The molecular formula is C19H18N2O3S. The maximum atomic E-state index is 9.81. The topological polar surface area (TPSA) is 68.4 Å². The molecule has 0 aliphatic heterocycles. The highest BCUT2D eigenvalue weighted by atomic mass is 32.2. The number of aromatic hydroxyl groups is 1. The van der Waals surface area contributed by atoms with Gasteiger partial charge in [-0.2, -0.15) is 0 Å². The number of rotatable bonds is 7. The van der Waals surface area contributed by atoms with E-state index in [1.807, 2.05) is 37.3 Å². The maximum absolute atomic E-state index is 9.81. The Bertz CT molecular complexity index is 877. The smallest absolute Gasteiger partial charge is 0.249 e. The van der Waals surface area contributed by atoms with Crippen LogP contribution in [0.15, 0.2) is 64.4 Å². The summed E-state index contributed by atoms with van der Waals surface area (Å²) in [5, 5.41) is 18.1. The third kappa shape index (κ3) is 3.85. The molecule has 0 atom stereocenters. The highest BCUT2D eigenvalue weighted by molar-refractivity contribution is 7.99. The first-order valence-corrected chi connectivity index (χ1v) is 8.84. The first kappa shape index (κ1) is 17.1. The first-order valence-electron chi connectivity index (χ1n) is 7.85. The molecular weight excluding hydrogens is 336 g/mol. The van der Waals surface area contributed by atoms with Gasteiger partial charge in [0.05, 0.1) is 12.2 Å². The molecule has 0 aliphatic rings. The van der Waals surface area contributed by atoms with E-state index in [1.165, 1.54) is 0 Å². The highest BCUT2D eigenvalue weighted by Gasteiger charge is 2.15. The van der Waals surface area contributed by atoms with Crippen LogP contribution in [0.2, 0.25) is 0 Å². The average Bonchev–Trinajstić information content (AvgIpc) is 3.12. The van der Waals surface area contributed by atoms with Gasteiger partial charge in [-0.05, 0) is 37.3 Å². The quantitative estimate of drug-likeness (QED) is 0.486. The SMILES string of the molecule is C=CCSc1ccccc1-c1nnc(-c2ccc(O)c(OCC)c2)o1. The number of phenols is 1. The highest BCUT2D eigenvalue weighted by Crippen LogP contribution is 2.34. The normalized spacial score (nSPS) is 10.6. The Morgan fingerprint density at radius 1 is 1.20 bits per heavy atom. The lowest BCUT2D eigenvalue weighted by atomic mass is 10.2. The van der Waals surface area contributed by atoms with E-state index in [4.69, 9.17) is 9.15 Å². The van der Waals surface area contributed by atoms with Gasteiger partial charge in [0.15, 0.2) is 11.5 Å². The molecule has 0 amide bonds. The van der Waals surface area contributed by atoms with Crippen molar-refractivity contribution in [2.75, 3.05) is 12.4 Å². The van der Waals surface area contributed by atoms with Crippen LogP contribution in [0.5, 0.6) is 11.5 Å². The van der Waals surface area contributed by atoms with Crippen molar-refractivity contribution in [2.45, 2.75) is 11.8 Å². The molecule has 128 valence electrons. The summed E-state index contributed by atoms with van der Waals surface area (Å²) in [6, 6.07) is 12.8. The largest absolute Gasteiger partial charge is 0.504 e. The summed E-state index contributed by atoms with van der Waals surface area (Å²) >= 11 is 1.66. The molecule has 0 spiro atoms. The zero-order chi connectivity index (χ0) is 17.6. The molecule has 2 aromatic carbocycles. The van der Waals surface area contributed by atoms with Gasteiger partial charge in [0.25, 0.3) is 0 Å². The second kappa shape index (κ2) is 7.90. The fourth-order valence-corrected chi connectivity index (χ4v) is 3.07. The molecule has 3 rings (SSSR count). The van der Waals surface area contributed by atoms with Crippen LogP contribution < -0.4 is 4.74 Å². The van der Waals surface area contributed by atoms with Crippen LogP contribution in [0.3, 0.4) is 0 Å². The lowest BCUT2D eigenvalue weighted by Crippen LogP contribution is -1.92. The molecule has 0 saturated heterocycles. The Morgan fingerprint density at radius 3 is 2.80 bits per heavy atom. The van der Waals surface area contributed by atoms with E-state index >= 15 is 0 Å². The Balaban J connectivity index is 1.93. The molecule has 0 bridgehead atoms. The third-order valence-corrected chi connectivity index (χ3v) is 4.48. The fraction of sp³-hybridized carbons (Fsp3) is 0.158. The van der Waals surface area contributed by atoms with Crippen LogP contribution in [-0.2, 0) is 0 Å².